The largest absolute Gasteiger partial charge is 0.357 e. The van der Waals surface area contributed by atoms with Crippen molar-refractivity contribution in [3.63, 3.8) is 0 Å². The number of anilines is 1. The van der Waals surface area contributed by atoms with Crippen molar-refractivity contribution in [1.82, 2.24) is 4.98 Å². The number of rotatable bonds is 4. The highest BCUT2D eigenvalue weighted by molar-refractivity contribution is 7.18. The van der Waals surface area contributed by atoms with Crippen molar-refractivity contribution in [2.24, 2.45) is 0 Å². The zero-order chi connectivity index (χ0) is 17.2. The summed E-state index contributed by atoms with van der Waals surface area (Å²) < 4.78 is 1.23. The molecule has 8 heteroatoms. The molecule has 1 aromatic carbocycles. The fourth-order valence-corrected chi connectivity index (χ4v) is 4.29. The fraction of sp³-hybridized carbons (Fsp3) is 0.294. The molecule has 1 fully saturated rings. The molecule has 128 valence electrons. The second kappa shape index (κ2) is 6.73. The van der Waals surface area contributed by atoms with Crippen LogP contribution in [0.3, 0.4) is 0 Å². The molecule has 3 heterocycles. The average molecular weight is 357 g/mol. The molecule has 0 radical (unpaired) electrons. The monoisotopic (exact) mass is 357 g/mol. The van der Waals surface area contributed by atoms with Gasteiger partial charge in [0.15, 0.2) is 0 Å². The van der Waals surface area contributed by atoms with Gasteiger partial charge in [-0.2, -0.15) is 0 Å². The van der Waals surface area contributed by atoms with Crippen molar-refractivity contribution in [1.29, 1.82) is 0 Å². The summed E-state index contributed by atoms with van der Waals surface area (Å²) in [7, 11) is 0. The van der Waals surface area contributed by atoms with Gasteiger partial charge in [-0.05, 0) is 18.2 Å². The smallest absolute Gasteiger partial charge is 0.323 e. The molecule has 1 aliphatic heterocycles. The number of para-hydroxylation sites is 1. The Morgan fingerprint density at radius 2 is 2.04 bits per heavy atom. The van der Waals surface area contributed by atoms with Gasteiger partial charge in [0, 0.05) is 6.07 Å². The first-order chi connectivity index (χ1) is 12.2. The van der Waals surface area contributed by atoms with E-state index < -0.39 is 0 Å². The zero-order valence-corrected chi connectivity index (χ0v) is 14.5. The molecule has 3 aromatic rings. The van der Waals surface area contributed by atoms with E-state index in [1.54, 1.807) is 29.7 Å². The number of aromatic nitrogens is 2. The minimum absolute atomic E-state index is 0.136. The number of H-pyrrole nitrogens is 1. The second-order valence-corrected chi connectivity index (χ2v) is 7.27. The number of nitrogens with one attached hydrogen (secondary N) is 2. The molecular formula is C17H19N5O2S+2. The average Bonchev–Trinajstić information content (AvgIpc) is 3.04. The normalized spacial score (nSPS) is 15.6. The second-order valence-electron chi connectivity index (χ2n) is 6.15. The van der Waals surface area contributed by atoms with Crippen LogP contribution in [0.4, 0.5) is 11.5 Å². The Morgan fingerprint density at radius 3 is 2.80 bits per heavy atom. The molecule has 2 N–H and O–H groups in total. The number of nitro groups is 1. The van der Waals surface area contributed by atoms with Gasteiger partial charge in [-0.25, -0.2) is 14.9 Å². The Morgan fingerprint density at radius 1 is 1.24 bits per heavy atom. The van der Waals surface area contributed by atoms with Crippen molar-refractivity contribution < 1.29 is 14.8 Å². The lowest BCUT2D eigenvalue weighted by Gasteiger charge is -2.27. The maximum Gasteiger partial charge on any atom is 0.357 e. The van der Waals surface area contributed by atoms with Crippen LogP contribution in [0.15, 0.2) is 42.6 Å². The van der Waals surface area contributed by atoms with E-state index in [-0.39, 0.29) is 10.6 Å². The van der Waals surface area contributed by atoms with Crippen molar-refractivity contribution in [3.05, 3.63) is 57.7 Å². The fourth-order valence-electron chi connectivity index (χ4n) is 3.25. The Kier molecular flexibility index (Phi) is 4.29. The lowest BCUT2D eigenvalue weighted by Crippen LogP contribution is -3.13. The van der Waals surface area contributed by atoms with Crippen LogP contribution < -0.4 is 14.8 Å². The molecule has 0 amide bonds. The molecule has 4 rings (SSSR count). The number of benzene rings is 1. The number of hydrogen-bond acceptors (Lipinski definition) is 5. The number of fused-ring (bicyclic) bond motifs is 1. The number of pyridine rings is 1. The van der Waals surface area contributed by atoms with Crippen molar-refractivity contribution in [3.8, 4) is 0 Å². The first-order valence-corrected chi connectivity index (χ1v) is 9.10. The molecule has 0 saturated carbocycles. The Hall–Kier alpha value is -2.58. The number of quaternary nitrogens is 1. The molecule has 1 aliphatic rings. The molecule has 0 aliphatic carbocycles. The highest BCUT2D eigenvalue weighted by Gasteiger charge is 2.32. The van der Waals surface area contributed by atoms with E-state index in [9.17, 15) is 10.1 Å². The summed E-state index contributed by atoms with van der Waals surface area (Å²) in [6.45, 7) is 4.38. The number of thiazole rings is 1. The summed E-state index contributed by atoms with van der Waals surface area (Å²) in [5.41, 5.74) is 1.20. The third-order valence-corrected chi connectivity index (χ3v) is 5.57. The first kappa shape index (κ1) is 15.9. The van der Waals surface area contributed by atoms with E-state index in [1.165, 1.54) is 9.60 Å². The maximum absolute atomic E-state index is 11.2. The molecule has 0 spiro atoms. The highest BCUT2D eigenvalue weighted by atomic mass is 32.1. The van der Waals surface area contributed by atoms with E-state index in [1.807, 2.05) is 18.2 Å². The van der Waals surface area contributed by atoms with Gasteiger partial charge in [0.1, 0.15) is 37.7 Å². The molecule has 0 unspecified atom stereocenters. The summed E-state index contributed by atoms with van der Waals surface area (Å²) in [5.74, 6) is 0.603. The van der Waals surface area contributed by atoms with Crippen LogP contribution in [0.2, 0.25) is 0 Å². The SMILES string of the molecule is O=[N+]([O-])c1ccc[nH+]c1N1CC[NH+](Cc2nc3ccccc3s2)CC1. The first-order valence-electron chi connectivity index (χ1n) is 8.29. The van der Waals surface area contributed by atoms with Crippen LogP contribution in [0.5, 0.6) is 0 Å². The summed E-state index contributed by atoms with van der Waals surface area (Å²) in [6.07, 6.45) is 1.74. The quantitative estimate of drug-likeness (QED) is 0.556. The molecule has 25 heavy (non-hydrogen) atoms. The number of nitrogens with zero attached hydrogens (tertiary/aromatic N) is 3. The summed E-state index contributed by atoms with van der Waals surface area (Å²) in [6, 6.07) is 11.4. The molecular weight excluding hydrogens is 338 g/mol. The lowest BCUT2D eigenvalue weighted by molar-refractivity contribution is -0.914. The lowest BCUT2D eigenvalue weighted by atomic mass is 10.3. The standard InChI is InChI=1S/C17H17N5O2S/c23-22(24)14-5-3-7-18-17(14)21-10-8-20(9-11-21)12-16-19-13-4-1-2-6-15(13)25-16/h1-7H,8-12H2/p+2. The van der Waals surface area contributed by atoms with E-state index >= 15 is 0 Å². The van der Waals surface area contributed by atoms with Gasteiger partial charge in [-0.3, -0.25) is 10.1 Å². The van der Waals surface area contributed by atoms with Gasteiger partial charge in [0.2, 0.25) is 0 Å². The van der Waals surface area contributed by atoms with Gasteiger partial charge in [0.25, 0.3) is 0 Å². The number of hydrogen-bond donors (Lipinski definition) is 1. The summed E-state index contributed by atoms with van der Waals surface area (Å²) >= 11 is 1.75. The number of aromatic amines is 1. The van der Waals surface area contributed by atoms with Gasteiger partial charge >= 0.3 is 11.5 Å². The van der Waals surface area contributed by atoms with Crippen LogP contribution in [0.1, 0.15) is 5.01 Å². The zero-order valence-electron chi connectivity index (χ0n) is 13.6. The predicted octanol–water partition coefficient (Wildman–Crippen LogP) is 0.924. The Balaban J connectivity index is 1.42. The molecule has 0 bridgehead atoms. The van der Waals surface area contributed by atoms with E-state index in [0.717, 1.165) is 43.2 Å². The van der Waals surface area contributed by atoms with Gasteiger partial charge in [-0.1, -0.05) is 12.1 Å². The van der Waals surface area contributed by atoms with Crippen LogP contribution >= 0.6 is 11.3 Å². The Labute approximate surface area is 148 Å². The number of piperazine rings is 1. The van der Waals surface area contributed by atoms with E-state index in [0.29, 0.717) is 5.82 Å². The predicted molar refractivity (Wildman–Crippen MR) is 95.9 cm³/mol. The molecule has 0 atom stereocenters. The van der Waals surface area contributed by atoms with E-state index in [2.05, 4.69) is 16.0 Å². The van der Waals surface area contributed by atoms with Crippen molar-refractivity contribution in [2.45, 2.75) is 6.54 Å². The van der Waals surface area contributed by atoms with E-state index in [4.69, 9.17) is 4.98 Å². The van der Waals surface area contributed by atoms with Crippen LogP contribution in [0.25, 0.3) is 10.2 Å². The minimum atomic E-state index is -0.327. The minimum Gasteiger partial charge on any atom is -0.323 e. The maximum atomic E-state index is 11.2. The van der Waals surface area contributed by atoms with Crippen LogP contribution in [-0.2, 0) is 6.54 Å². The van der Waals surface area contributed by atoms with Gasteiger partial charge in [-0.15, -0.1) is 11.3 Å². The Bertz CT molecular complexity index is 872. The third kappa shape index (κ3) is 3.31. The molecule has 1 saturated heterocycles. The summed E-state index contributed by atoms with van der Waals surface area (Å²) in [5, 5.41) is 12.4. The third-order valence-electron chi connectivity index (χ3n) is 4.54. The molecule has 7 nitrogen and oxygen atoms in total. The van der Waals surface area contributed by atoms with Crippen molar-refractivity contribution in [2.75, 3.05) is 31.1 Å². The van der Waals surface area contributed by atoms with Gasteiger partial charge < -0.3 is 4.90 Å². The topological polar surface area (TPSA) is 77.9 Å². The highest BCUT2D eigenvalue weighted by Crippen LogP contribution is 2.22. The van der Waals surface area contributed by atoms with Crippen LogP contribution in [0, 0.1) is 10.1 Å². The van der Waals surface area contributed by atoms with Crippen LogP contribution in [-0.4, -0.2) is 36.1 Å². The summed E-state index contributed by atoms with van der Waals surface area (Å²) in [4.78, 5) is 22.2. The van der Waals surface area contributed by atoms with Gasteiger partial charge in [0.05, 0.1) is 21.3 Å². The molecule has 2 aromatic heterocycles. The van der Waals surface area contributed by atoms with Crippen molar-refractivity contribution >= 4 is 33.1 Å².